The topological polar surface area (TPSA) is 88.0 Å². The minimum Gasteiger partial charge on any atom is -0.306 e. The van der Waals surface area contributed by atoms with Crippen LogP contribution < -0.4 is 5.69 Å². The highest BCUT2D eigenvalue weighted by Crippen LogP contribution is 2.06. The monoisotopic (exact) mass is 209 g/mol. The van der Waals surface area contributed by atoms with E-state index < -0.39 is 22.1 Å². The fourth-order valence-corrected chi connectivity index (χ4v) is 1.62. The molecule has 2 unspecified atom stereocenters. The lowest BCUT2D eigenvalue weighted by Crippen LogP contribution is -2.23. The Morgan fingerprint density at radius 3 is 3.00 bits per heavy atom. The van der Waals surface area contributed by atoms with Gasteiger partial charge in [-0.1, -0.05) is 0 Å². The summed E-state index contributed by atoms with van der Waals surface area (Å²) >= 11 is 1.94. The fourth-order valence-electron chi connectivity index (χ4n) is 0.675. The summed E-state index contributed by atoms with van der Waals surface area (Å²) in [5.41, 5.74) is -0.444. The Balaban J connectivity index is 2.78. The molecular formula is C4H7N3O3S2. The van der Waals surface area contributed by atoms with E-state index in [1.165, 1.54) is 6.33 Å². The third-order valence-corrected chi connectivity index (χ3v) is 2.40. The van der Waals surface area contributed by atoms with E-state index in [2.05, 4.69) is 22.7 Å². The summed E-state index contributed by atoms with van der Waals surface area (Å²) in [6.45, 7) is 0. The van der Waals surface area contributed by atoms with Crippen LogP contribution in [-0.2, 0) is 11.1 Å². The number of rotatable bonds is 3. The van der Waals surface area contributed by atoms with Gasteiger partial charge < -0.3 is 4.55 Å². The molecule has 0 amide bonds. The van der Waals surface area contributed by atoms with Gasteiger partial charge in [-0.15, -0.1) is 0 Å². The first-order valence-electron chi connectivity index (χ1n) is 2.99. The molecule has 1 aromatic rings. The van der Waals surface area contributed by atoms with Crippen molar-refractivity contribution in [3.8, 4) is 0 Å². The van der Waals surface area contributed by atoms with Gasteiger partial charge in [0, 0.05) is 0 Å². The van der Waals surface area contributed by atoms with Gasteiger partial charge in [0.2, 0.25) is 0 Å². The highest BCUT2D eigenvalue weighted by molar-refractivity contribution is 7.83. The van der Waals surface area contributed by atoms with Gasteiger partial charge >= 0.3 is 5.69 Å². The van der Waals surface area contributed by atoms with Crippen LogP contribution in [0, 0.1) is 0 Å². The van der Waals surface area contributed by atoms with Gasteiger partial charge in [-0.2, -0.15) is 22.4 Å². The van der Waals surface area contributed by atoms with Crippen LogP contribution in [0.2, 0.25) is 0 Å². The van der Waals surface area contributed by atoms with Crippen LogP contribution in [0.25, 0.3) is 0 Å². The molecule has 2 N–H and O–H groups in total. The summed E-state index contributed by atoms with van der Waals surface area (Å²) in [5.74, 6) is -0.131. The van der Waals surface area contributed by atoms with Crippen molar-refractivity contribution in [1.82, 2.24) is 14.8 Å². The van der Waals surface area contributed by atoms with E-state index in [0.29, 0.717) is 0 Å². The van der Waals surface area contributed by atoms with Crippen LogP contribution in [0.3, 0.4) is 0 Å². The van der Waals surface area contributed by atoms with E-state index in [9.17, 15) is 9.00 Å². The third-order valence-electron chi connectivity index (χ3n) is 1.15. The van der Waals surface area contributed by atoms with Gasteiger partial charge in [0.05, 0.1) is 5.75 Å². The van der Waals surface area contributed by atoms with Crippen LogP contribution in [0.15, 0.2) is 11.1 Å². The Morgan fingerprint density at radius 2 is 2.58 bits per heavy atom. The van der Waals surface area contributed by atoms with Crippen molar-refractivity contribution in [3.05, 3.63) is 16.8 Å². The van der Waals surface area contributed by atoms with E-state index in [4.69, 9.17) is 4.55 Å². The van der Waals surface area contributed by atoms with Crippen LogP contribution in [-0.4, -0.2) is 29.3 Å². The molecule has 8 heteroatoms. The van der Waals surface area contributed by atoms with E-state index in [0.717, 1.165) is 4.68 Å². The normalized spacial score (nSPS) is 15.8. The molecule has 2 atom stereocenters. The lowest BCUT2D eigenvalue weighted by Gasteiger charge is -2.05. The Bertz CT molecular complexity index is 332. The number of hydrogen-bond donors (Lipinski definition) is 3. The Morgan fingerprint density at radius 1 is 1.92 bits per heavy atom. The standard InChI is InChI=1S/C4H7N3O3S2/c8-4-5-2-6-7(4)3(11)1-12(9)10/h2-3,11H,1H2,(H,9,10)(H,5,6,8). The van der Waals surface area contributed by atoms with Crippen molar-refractivity contribution < 1.29 is 8.76 Å². The first-order valence-corrected chi connectivity index (χ1v) is 4.78. The second kappa shape index (κ2) is 3.87. The lowest BCUT2D eigenvalue weighted by atomic mass is 10.7. The molecule has 1 aromatic heterocycles. The molecule has 12 heavy (non-hydrogen) atoms. The summed E-state index contributed by atoms with van der Waals surface area (Å²) in [6, 6.07) is 0. The molecule has 0 aliphatic rings. The number of hydrogen-bond acceptors (Lipinski definition) is 4. The average Bonchev–Trinajstić information content (AvgIpc) is 2.33. The van der Waals surface area contributed by atoms with Gasteiger partial charge in [0.15, 0.2) is 11.1 Å². The van der Waals surface area contributed by atoms with Crippen LogP contribution >= 0.6 is 12.6 Å². The van der Waals surface area contributed by atoms with Gasteiger partial charge in [-0.3, -0.25) is 4.98 Å². The lowest BCUT2D eigenvalue weighted by molar-refractivity contribution is 0.546. The molecule has 0 aromatic carbocycles. The van der Waals surface area contributed by atoms with Gasteiger partial charge in [-0.25, -0.2) is 9.00 Å². The molecule has 1 heterocycles. The van der Waals surface area contributed by atoms with Gasteiger partial charge in [0.1, 0.15) is 11.7 Å². The molecule has 0 aliphatic heterocycles. The zero-order valence-electron chi connectivity index (χ0n) is 5.88. The average molecular weight is 209 g/mol. The zero-order chi connectivity index (χ0) is 9.14. The number of thiol groups is 1. The molecule has 0 saturated heterocycles. The molecule has 68 valence electrons. The SMILES string of the molecule is O=c1[nH]cnn1C(S)CS(=O)O. The Hall–Kier alpha value is -0.600. The molecule has 0 aliphatic carbocycles. The van der Waals surface area contributed by atoms with E-state index in [1.54, 1.807) is 0 Å². The molecule has 0 saturated carbocycles. The Kier molecular flexibility index (Phi) is 3.06. The summed E-state index contributed by atoms with van der Waals surface area (Å²) in [6.07, 6.45) is 1.20. The predicted molar refractivity (Wildman–Crippen MR) is 46.5 cm³/mol. The second-order valence-corrected chi connectivity index (χ2v) is 3.58. The quantitative estimate of drug-likeness (QED) is 0.450. The van der Waals surface area contributed by atoms with E-state index in [1.807, 2.05) is 0 Å². The number of aromatic nitrogens is 3. The fraction of sp³-hybridized carbons (Fsp3) is 0.500. The summed E-state index contributed by atoms with van der Waals surface area (Å²) < 4.78 is 19.8. The molecule has 6 nitrogen and oxygen atoms in total. The molecule has 0 bridgehead atoms. The minimum absolute atomic E-state index is 0.131. The van der Waals surface area contributed by atoms with Gasteiger partial charge in [0.25, 0.3) is 0 Å². The molecule has 0 fully saturated rings. The summed E-state index contributed by atoms with van der Waals surface area (Å²) in [7, 11) is 0. The summed E-state index contributed by atoms with van der Waals surface area (Å²) in [4.78, 5) is 13.1. The highest BCUT2D eigenvalue weighted by atomic mass is 32.2. The van der Waals surface area contributed by atoms with Crippen LogP contribution in [0.1, 0.15) is 5.37 Å². The molecule has 0 spiro atoms. The second-order valence-electron chi connectivity index (χ2n) is 2.01. The first kappa shape index (κ1) is 9.49. The predicted octanol–water partition coefficient (Wildman–Crippen LogP) is -0.779. The van der Waals surface area contributed by atoms with Crippen molar-refractivity contribution >= 4 is 23.7 Å². The van der Waals surface area contributed by atoms with Gasteiger partial charge in [-0.05, 0) is 0 Å². The van der Waals surface area contributed by atoms with Crippen molar-refractivity contribution in [2.75, 3.05) is 5.75 Å². The highest BCUT2D eigenvalue weighted by Gasteiger charge is 2.11. The van der Waals surface area contributed by atoms with Crippen molar-refractivity contribution in [1.29, 1.82) is 0 Å². The van der Waals surface area contributed by atoms with Crippen molar-refractivity contribution in [2.45, 2.75) is 5.37 Å². The maximum atomic E-state index is 10.9. The Labute approximate surface area is 75.7 Å². The van der Waals surface area contributed by atoms with Crippen LogP contribution in [0.5, 0.6) is 0 Å². The zero-order valence-corrected chi connectivity index (χ0v) is 7.59. The largest absolute Gasteiger partial charge is 0.344 e. The van der Waals surface area contributed by atoms with E-state index >= 15 is 0 Å². The summed E-state index contributed by atoms with van der Waals surface area (Å²) in [5, 5.41) is 2.92. The number of H-pyrrole nitrogens is 1. The van der Waals surface area contributed by atoms with Crippen molar-refractivity contribution in [2.24, 2.45) is 0 Å². The van der Waals surface area contributed by atoms with Crippen molar-refractivity contribution in [3.63, 3.8) is 0 Å². The smallest absolute Gasteiger partial charge is 0.306 e. The third kappa shape index (κ3) is 2.19. The number of nitrogens with one attached hydrogen (secondary N) is 1. The minimum atomic E-state index is -1.98. The van der Waals surface area contributed by atoms with Crippen LogP contribution in [0.4, 0.5) is 0 Å². The molecular weight excluding hydrogens is 202 g/mol. The molecule has 1 rings (SSSR count). The molecule has 0 radical (unpaired) electrons. The van der Waals surface area contributed by atoms with E-state index in [-0.39, 0.29) is 5.75 Å². The number of aromatic amines is 1. The maximum absolute atomic E-state index is 10.9. The maximum Gasteiger partial charge on any atom is 0.344 e. The first-order chi connectivity index (χ1) is 5.61. The number of nitrogens with zero attached hydrogens (tertiary/aromatic N) is 2.